The SMILES string of the molecule is CC(O)CC(C)(C)CNC(=O)Nc1ccc(OC(F)F)cc1. The van der Waals surface area contributed by atoms with E-state index >= 15 is 0 Å². The quantitative estimate of drug-likeness (QED) is 0.723. The number of aliphatic hydroxyl groups excluding tert-OH is 1. The Balaban J connectivity index is 2.45. The van der Waals surface area contributed by atoms with Crippen LogP contribution in [-0.4, -0.2) is 30.4 Å². The minimum atomic E-state index is -2.88. The van der Waals surface area contributed by atoms with Gasteiger partial charge in [0.1, 0.15) is 5.75 Å². The van der Waals surface area contributed by atoms with E-state index in [4.69, 9.17) is 0 Å². The van der Waals surface area contributed by atoms with E-state index in [9.17, 15) is 18.7 Å². The van der Waals surface area contributed by atoms with Crippen LogP contribution < -0.4 is 15.4 Å². The molecule has 2 amide bonds. The summed E-state index contributed by atoms with van der Waals surface area (Å²) in [5.41, 5.74) is 0.230. The second-order valence-corrected chi connectivity index (χ2v) is 5.93. The van der Waals surface area contributed by atoms with Gasteiger partial charge in [-0.3, -0.25) is 0 Å². The number of anilines is 1. The summed E-state index contributed by atoms with van der Waals surface area (Å²) in [6, 6.07) is 5.23. The molecule has 0 aliphatic heterocycles. The molecule has 1 aromatic rings. The van der Waals surface area contributed by atoms with Crippen LogP contribution >= 0.6 is 0 Å². The summed E-state index contributed by atoms with van der Waals surface area (Å²) in [7, 11) is 0. The molecule has 1 unspecified atom stereocenters. The maximum Gasteiger partial charge on any atom is 0.387 e. The van der Waals surface area contributed by atoms with E-state index in [0.717, 1.165) is 0 Å². The summed E-state index contributed by atoms with van der Waals surface area (Å²) in [4.78, 5) is 11.8. The maximum atomic E-state index is 12.0. The Morgan fingerprint density at radius 2 is 1.91 bits per heavy atom. The summed E-state index contributed by atoms with van der Waals surface area (Å²) >= 11 is 0. The minimum Gasteiger partial charge on any atom is -0.435 e. The second-order valence-electron chi connectivity index (χ2n) is 5.93. The number of hydrogen-bond acceptors (Lipinski definition) is 3. The van der Waals surface area contributed by atoms with Crippen molar-refractivity contribution in [1.82, 2.24) is 5.32 Å². The fourth-order valence-electron chi connectivity index (χ4n) is 2.09. The molecule has 0 aliphatic carbocycles. The predicted molar refractivity (Wildman–Crippen MR) is 80.2 cm³/mol. The van der Waals surface area contributed by atoms with Gasteiger partial charge in [-0.1, -0.05) is 13.8 Å². The molecule has 0 fully saturated rings. The zero-order valence-corrected chi connectivity index (χ0v) is 12.9. The van der Waals surface area contributed by atoms with Gasteiger partial charge in [-0.05, 0) is 43.0 Å². The lowest BCUT2D eigenvalue weighted by Gasteiger charge is -2.26. The first-order valence-corrected chi connectivity index (χ1v) is 6.96. The molecule has 7 heteroatoms. The number of urea groups is 1. The van der Waals surface area contributed by atoms with Crippen molar-refractivity contribution in [1.29, 1.82) is 0 Å². The molecule has 1 rings (SSSR count). The monoisotopic (exact) mass is 316 g/mol. The standard InChI is InChI=1S/C15H22F2N2O3/c1-10(20)8-15(2,3)9-18-14(21)19-11-4-6-12(7-5-11)22-13(16)17/h4-7,10,13,20H,8-9H2,1-3H3,(H2,18,19,21). The number of rotatable bonds is 7. The molecule has 5 nitrogen and oxygen atoms in total. The molecular formula is C15H22F2N2O3. The van der Waals surface area contributed by atoms with Crippen molar-refractivity contribution in [3.05, 3.63) is 24.3 Å². The average Bonchev–Trinajstić information content (AvgIpc) is 2.37. The fourth-order valence-corrected chi connectivity index (χ4v) is 2.09. The molecule has 22 heavy (non-hydrogen) atoms. The molecule has 0 aromatic heterocycles. The van der Waals surface area contributed by atoms with Gasteiger partial charge in [0, 0.05) is 12.2 Å². The summed E-state index contributed by atoms with van der Waals surface area (Å²) in [6.45, 7) is 3.10. The number of halogens is 2. The number of alkyl halides is 2. The Morgan fingerprint density at radius 1 is 1.32 bits per heavy atom. The van der Waals surface area contributed by atoms with Gasteiger partial charge in [0.25, 0.3) is 0 Å². The summed E-state index contributed by atoms with van der Waals surface area (Å²) < 4.78 is 28.2. The Morgan fingerprint density at radius 3 is 2.41 bits per heavy atom. The Hall–Kier alpha value is -1.89. The normalized spacial score (nSPS) is 12.9. The molecule has 0 heterocycles. The van der Waals surface area contributed by atoms with Crippen LogP contribution in [0.5, 0.6) is 5.75 Å². The highest BCUT2D eigenvalue weighted by molar-refractivity contribution is 5.89. The Kier molecular flexibility index (Phi) is 6.55. The molecule has 0 bridgehead atoms. The van der Waals surface area contributed by atoms with Gasteiger partial charge in [0.15, 0.2) is 0 Å². The third-order valence-corrected chi connectivity index (χ3v) is 2.91. The summed E-state index contributed by atoms with van der Waals surface area (Å²) in [5.74, 6) is 0.0269. The minimum absolute atomic E-state index is 0.0269. The smallest absolute Gasteiger partial charge is 0.387 e. The lowest BCUT2D eigenvalue weighted by molar-refractivity contribution is -0.0498. The second kappa shape index (κ2) is 7.93. The van der Waals surface area contributed by atoms with Crippen molar-refractivity contribution in [3.63, 3.8) is 0 Å². The Labute approximate surface area is 128 Å². The Bertz CT molecular complexity index is 476. The van der Waals surface area contributed by atoms with Gasteiger partial charge in [0.05, 0.1) is 6.10 Å². The summed E-state index contributed by atoms with van der Waals surface area (Å²) in [6.07, 6.45) is 0.120. The van der Waals surface area contributed by atoms with Crippen LogP contribution in [0.15, 0.2) is 24.3 Å². The first-order valence-electron chi connectivity index (χ1n) is 6.96. The molecule has 0 saturated carbocycles. The third-order valence-electron chi connectivity index (χ3n) is 2.91. The lowest BCUT2D eigenvalue weighted by Crippen LogP contribution is -2.38. The van der Waals surface area contributed by atoms with Gasteiger partial charge >= 0.3 is 12.6 Å². The molecule has 0 radical (unpaired) electrons. The van der Waals surface area contributed by atoms with E-state index in [1.165, 1.54) is 24.3 Å². The number of nitrogens with one attached hydrogen (secondary N) is 2. The van der Waals surface area contributed by atoms with E-state index in [1.807, 2.05) is 13.8 Å². The molecular weight excluding hydrogens is 294 g/mol. The van der Waals surface area contributed by atoms with E-state index < -0.39 is 18.7 Å². The van der Waals surface area contributed by atoms with Gasteiger partial charge in [-0.25, -0.2) is 4.79 Å². The van der Waals surface area contributed by atoms with Crippen molar-refractivity contribution >= 4 is 11.7 Å². The molecule has 0 spiro atoms. The van der Waals surface area contributed by atoms with Gasteiger partial charge in [-0.2, -0.15) is 8.78 Å². The van der Waals surface area contributed by atoms with E-state index in [2.05, 4.69) is 15.4 Å². The largest absolute Gasteiger partial charge is 0.435 e. The zero-order valence-electron chi connectivity index (χ0n) is 12.9. The van der Waals surface area contributed by atoms with Crippen LogP contribution in [0.4, 0.5) is 19.3 Å². The van der Waals surface area contributed by atoms with Crippen molar-refractivity contribution in [3.8, 4) is 5.75 Å². The molecule has 3 N–H and O–H groups in total. The number of aliphatic hydroxyl groups is 1. The molecule has 0 saturated heterocycles. The molecule has 1 aromatic carbocycles. The fraction of sp³-hybridized carbons (Fsp3) is 0.533. The third kappa shape index (κ3) is 7.21. The topological polar surface area (TPSA) is 70.6 Å². The highest BCUT2D eigenvalue weighted by Gasteiger charge is 2.21. The van der Waals surface area contributed by atoms with E-state index in [1.54, 1.807) is 6.92 Å². The van der Waals surface area contributed by atoms with Gasteiger partial charge < -0.3 is 20.5 Å². The van der Waals surface area contributed by atoms with Crippen molar-refractivity contribution in [2.45, 2.75) is 39.9 Å². The van der Waals surface area contributed by atoms with Crippen LogP contribution in [0.25, 0.3) is 0 Å². The van der Waals surface area contributed by atoms with Crippen molar-refractivity contribution < 1.29 is 23.4 Å². The highest BCUT2D eigenvalue weighted by atomic mass is 19.3. The zero-order chi connectivity index (χ0) is 16.8. The van der Waals surface area contributed by atoms with Crippen molar-refractivity contribution in [2.75, 3.05) is 11.9 Å². The summed E-state index contributed by atoms with van der Waals surface area (Å²) in [5, 5.41) is 14.7. The lowest BCUT2D eigenvalue weighted by atomic mass is 9.87. The van der Waals surface area contributed by atoms with Crippen LogP contribution in [0.2, 0.25) is 0 Å². The highest BCUT2D eigenvalue weighted by Crippen LogP contribution is 2.21. The van der Waals surface area contributed by atoms with Crippen molar-refractivity contribution in [2.24, 2.45) is 5.41 Å². The molecule has 0 aliphatic rings. The number of carbonyl (C=O) groups excluding carboxylic acids is 1. The number of hydrogen-bond donors (Lipinski definition) is 3. The maximum absolute atomic E-state index is 12.0. The first-order chi connectivity index (χ1) is 10.2. The number of benzene rings is 1. The molecule has 1 atom stereocenters. The first kappa shape index (κ1) is 18.2. The average molecular weight is 316 g/mol. The number of ether oxygens (including phenoxy) is 1. The number of carbonyl (C=O) groups is 1. The van der Waals surface area contributed by atoms with E-state index in [0.29, 0.717) is 18.7 Å². The van der Waals surface area contributed by atoms with Crippen LogP contribution in [0.1, 0.15) is 27.2 Å². The van der Waals surface area contributed by atoms with Crippen LogP contribution in [0, 0.1) is 5.41 Å². The van der Waals surface area contributed by atoms with Gasteiger partial charge in [0.2, 0.25) is 0 Å². The molecule has 124 valence electrons. The van der Waals surface area contributed by atoms with E-state index in [-0.39, 0.29) is 11.2 Å². The van der Waals surface area contributed by atoms with Crippen LogP contribution in [-0.2, 0) is 0 Å². The van der Waals surface area contributed by atoms with Crippen LogP contribution in [0.3, 0.4) is 0 Å². The van der Waals surface area contributed by atoms with Gasteiger partial charge in [-0.15, -0.1) is 0 Å². The number of amides is 2. The predicted octanol–water partition coefficient (Wildman–Crippen LogP) is 3.21.